The van der Waals surface area contributed by atoms with Crippen LogP contribution in [0, 0.1) is 0 Å². The first-order chi connectivity index (χ1) is 7.46. The molecule has 0 saturated heterocycles. The highest BCUT2D eigenvalue weighted by Gasteiger charge is 2.27. The van der Waals surface area contributed by atoms with Crippen molar-refractivity contribution in [3.63, 3.8) is 0 Å². The van der Waals surface area contributed by atoms with E-state index in [4.69, 9.17) is 5.73 Å². The molecule has 2 rings (SSSR count). The summed E-state index contributed by atoms with van der Waals surface area (Å²) >= 11 is 3.50. The SMILES string of the molecule is CC(C)(N)CCc1nc(C2CC2)ncc1Br. The van der Waals surface area contributed by atoms with Gasteiger partial charge in [0.25, 0.3) is 0 Å². The molecular weight excluding hydrogens is 266 g/mol. The molecule has 0 atom stereocenters. The molecule has 1 aliphatic carbocycles. The van der Waals surface area contributed by atoms with Crippen molar-refractivity contribution in [2.75, 3.05) is 0 Å². The third-order valence-corrected chi connectivity index (χ3v) is 3.45. The lowest BCUT2D eigenvalue weighted by molar-refractivity contribution is 0.473. The summed E-state index contributed by atoms with van der Waals surface area (Å²) < 4.78 is 1.00. The van der Waals surface area contributed by atoms with Crippen LogP contribution in [0.15, 0.2) is 10.7 Å². The molecule has 2 N–H and O–H groups in total. The van der Waals surface area contributed by atoms with E-state index in [1.807, 2.05) is 20.0 Å². The maximum absolute atomic E-state index is 5.98. The zero-order valence-corrected chi connectivity index (χ0v) is 11.4. The minimum absolute atomic E-state index is 0.135. The van der Waals surface area contributed by atoms with Crippen LogP contribution in [0.2, 0.25) is 0 Å². The average Bonchev–Trinajstić information content (AvgIpc) is 2.98. The van der Waals surface area contributed by atoms with E-state index >= 15 is 0 Å². The number of rotatable bonds is 4. The Morgan fingerprint density at radius 2 is 2.19 bits per heavy atom. The van der Waals surface area contributed by atoms with Gasteiger partial charge in [-0.3, -0.25) is 0 Å². The van der Waals surface area contributed by atoms with Gasteiger partial charge in [0.15, 0.2) is 0 Å². The molecule has 1 fully saturated rings. The Balaban J connectivity index is 2.09. The van der Waals surface area contributed by atoms with E-state index in [1.54, 1.807) is 0 Å². The molecule has 88 valence electrons. The monoisotopic (exact) mass is 283 g/mol. The Morgan fingerprint density at radius 1 is 1.50 bits per heavy atom. The van der Waals surface area contributed by atoms with Crippen LogP contribution in [-0.4, -0.2) is 15.5 Å². The standard InChI is InChI=1S/C12H18BrN3/c1-12(2,14)6-5-10-9(13)7-15-11(16-10)8-3-4-8/h7-8H,3-6,14H2,1-2H3. The largest absolute Gasteiger partial charge is 0.326 e. The Labute approximate surface area is 105 Å². The van der Waals surface area contributed by atoms with Gasteiger partial charge in [-0.05, 0) is 55.5 Å². The van der Waals surface area contributed by atoms with E-state index in [1.165, 1.54) is 12.8 Å². The first-order valence-corrected chi connectivity index (χ1v) is 6.55. The second kappa shape index (κ2) is 4.41. The fourth-order valence-corrected chi connectivity index (χ4v) is 1.96. The van der Waals surface area contributed by atoms with Gasteiger partial charge < -0.3 is 5.73 Å². The average molecular weight is 284 g/mol. The van der Waals surface area contributed by atoms with Gasteiger partial charge in [0.1, 0.15) is 5.82 Å². The molecule has 1 heterocycles. The fourth-order valence-electron chi connectivity index (χ4n) is 1.57. The smallest absolute Gasteiger partial charge is 0.131 e. The van der Waals surface area contributed by atoms with Gasteiger partial charge in [-0.2, -0.15) is 0 Å². The number of nitrogens with two attached hydrogens (primary N) is 1. The maximum Gasteiger partial charge on any atom is 0.131 e. The number of halogens is 1. The summed E-state index contributed by atoms with van der Waals surface area (Å²) in [5.74, 6) is 1.62. The summed E-state index contributed by atoms with van der Waals surface area (Å²) in [4.78, 5) is 8.98. The lowest BCUT2D eigenvalue weighted by atomic mass is 9.99. The van der Waals surface area contributed by atoms with Crippen LogP contribution in [0.1, 0.15) is 50.5 Å². The summed E-state index contributed by atoms with van der Waals surface area (Å²) in [6, 6.07) is 0. The molecule has 4 heteroatoms. The van der Waals surface area contributed by atoms with Crippen LogP contribution in [0.25, 0.3) is 0 Å². The molecular formula is C12H18BrN3. The molecule has 0 spiro atoms. The molecule has 16 heavy (non-hydrogen) atoms. The maximum atomic E-state index is 5.98. The topological polar surface area (TPSA) is 51.8 Å². The normalized spacial score (nSPS) is 16.5. The van der Waals surface area contributed by atoms with Gasteiger partial charge >= 0.3 is 0 Å². The van der Waals surface area contributed by atoms with Crippen molar-refractivity contribution < 1.29 is 0 Å². The molecule has 0 aliphatic heterocycles. The van der Waals surface area contributed by atoms with Crippen LogP contribution < -0.4 is 5.73 Å². The van der Waals surface area contributed by atoms with Crippen LogP contribution in [0.3, 0.4) is 0 Å². The molecule has 1 aliphatic rings. The Hall–Kier alpha value is -0.480. The second-order valence-corrected chi connectivity index (χ2v) is 6.14. The molecule has 0 aromatic carbocycles. The summed E-state index contributed by atoms with van der Waals surface area (Å²) in [5.41, 5.74) is 6.94. The first kappa shape index (κ1) is 12.0. The summed E-state index contributed by atoms with van der Waals surface area (Å²) in [6.45, 7) is 4.09. The third-order valence-electron chi connectivity index (χ3n) is 2.78. The number of aromatic nitrogens is 2. The summed E-state index contributed by atoms with van der Waals surface area (Å²) in [6.07, 6.45) is 6.20. The second-order valence-electron chi connectivity index (χ2n) is 5.29. The van der Waals surface area contributed by atoms with E-state index < -0.39 is 0 Å². The van der Waals surface area contributed by atoms with Gasteiger partial charge in [-0.25, -0.2) is 9.97 Å². The van der Waals surface area contributed by atoms with Crippen LogP contribution in [0.4, 0.5) is 0 Å². The first-order valence-electron chi connectivity index (χ1n) is 5.76. The van der Waals surface area contributed by atoms with Gasteiger partial charge in [-0.15, -0.1) is 0 Å². The van der Waals surface area contributed by atoms with Crippen molar-refractivity contribution in [3.8, 4) is 0 Å². The molecule has 0 bridgehead atoms. The van der Waals surface area contributed by atoms with Crippen molar-refractivity contribution in [1.29, 1.82) is 0 Å². The van der Waals surface area contributed by atoms with Crippen LogP contribution in [0.5, 0.6) is 0 Å². The molecule has 0 unspecified atom stereocenters. The van der Waals surface area contributed by atoms with E-state index in [-0.39, 0.29) is 5.54 Å². The zero-order valence-electron chi connectivity index (χ0n) is 9.83. The van der Waals surface area contributed by atoms with E-state index in [0.29, 0.717) is 5.92 Å². The Bertz CT molecular complexity index is 380. The van der Waals surface area contributed by atoms with Crippen molar-refractivity contribution in [2.24, 2.45) is 5.73 Å². The zero-order chi connectivity index (χ0) is 11.8. The van der Waals surface area contributed by atoms with E-state index in [0.717, 1.165) is 28.8 Å². The van der Waals surface area contributed by atoms with E-state index in [9.17, 15) is 0 Å². The van der Waals surface area contributed by atoms with Gasteiger partial charge in [0, 0.05) is 17.7 Å². The highest BCUT2D eigenvalue weighted by molar-refractivity contribution is 9.10. The van der Waals surface area contributed by atoms with Gasteiger partial charge in [0.05, 0.1) is 10.2 Å². The van der Waals surface area contributed by atoms with Crippen LogP contribution >= 0.6 is 15.9 Å². The lowest BCUT2D eigenvalue weighted by Gasteiger charge is -2.18. The lowest BCUT2D eigenvalue weighted by Crippen LogP contribution is -2.32. The van der Waals surface area contributed by atoms with Crippen molar-refractivity contribution in [1.82, 2.24) is 9.97 Å². The minimum atomic E-state index is -0.135. The number of nitrogens with zero attached hydrogens (tertiary/aromatic N) is 2. The highest BCUT2D eigenvalue weighted by atomic mass is 79.9. The third kappa shape index (κ3) is 3.25. The number of hydrogen-bond donors (Lipinski definition) is 1. The predicted molar refractivity (Wildman–Crippen MR) is 68.3 cm³/mol. The predicted octanol–water partition coefficient (Wildman–Crippen LogP) is 2.79. The van der Waals surface area contributed by atoms with Crippen molar-refractivity contribution in [3.05, 3.63) is 22.2 Å². The summed E-state index contributed by atoms with van der Waals surface area (Å²) in [7, 11) is 0. The van der Waals surface area contributed by atoms with Crippen molar-refractivity contribution in [2.45, 2.75) is 51.0 Å². The number of aryl methyl sites for hydroxylation is 1. The van der Waals surface area contributed by atoms with Crippen molar-refractivity contribution >= 4 is 15.9 Å². The molecule has 0 radical (unpaired) electrons. The Morgan fingerprint density at radius 3 is 2.75 bits per heavy atom. The fraction of sp³-hybridized carbons (Fsp3) is 0.667. The minimum Gasteiger partial charge on any atom is -0.326 e. The molecule has 1 aromatic heterocycles. The summed E-state index contributed by atoms with van der Waals surface area (Å²) in [5, 5.41) is 0. The Kier molecular flexibility index (Phi) is 3.31. The quantitative estimate of drug-likeness (QED) is 0.925. The molecule has 1 saturated carbocycles. The van der Waals surface area contributed by atoms with Crippen LogP contribution in [-0.2, 0) is 6.42 Å². The van der Waals surface area contributed by atoms with E-state index in [2.05, 4.69) is 25.9 Å². The number of hydrogen-bond acceptors (Lipinski definition) is 3. The molecule has 1 aromatic rings. The molecule has 3 nitrogen and oxygen atoms in total. The molecule has 0 amide bonds. The van der Waals surface area contributed by atoms with Gasteiger partial charge in [-0.1, -0.05) is 0 Å². The highest BCUT2D eigenvalue weighted by Crippen LogP contribution is 2.38. The van der Waals surface area contributed by atoms with Gasteiger partial charge in [0.2, 0.25) is 0 Å².